The molecule has 4 N–H and O–H groups in total. The standard InChI is InChI=1S/C19H26I3N5O5/c1-11(28)26-18-13(21)8-12(20)16(17(18)22)19(31)25-5-4-24-14(29)10-27(2)7-6-23-9-15(30)32-3/h8,23H,4-7,9-10H2,1-3H3,(H,24,29)(H,25,31)(H,26,28). The van der Waals surface area contributed by atoms with Gasteiger partial charge in [0.25, 0.3) is 5.91 Å². The molecule has 32 heavy (non-hydrogen) atoms. The highest BCUT2D eigenvalue weighted by atomic mass is 127. The first-order valence-corrected chi connectivity index (χ1v) is 12.8. The maximum Gasteiger partial charge on any atom is 0.319 e. The zero-order valence-corrected chi connectivity index (χ0v) is 24.4. The number of rotatable bonds is 12. The largest absolute Gasteiger partial charge is 0.468 e. The van der Waals surface area contributed by atoms with Crippen molar-refractivity contribution in [3.8, 4) is 0 Å². The lowest BCUT2D eigenvalue weighted by Gasteiger charge is -2.17. The lowest BCUT2D eigenvalue weighted by Crippen LogP contribution is -2.41. The first kappa shape index (κ1) is 29.2. The number of esters is 1. The number of nitrogens with one attached hydrogen (secondary N) is 4. The van der Waals surface area contributed by atoms with Crippen LogP contribution in [0.5, 0.6) is 0 Å². The molecule has 0 aliphatic carbocycles. The Morgan fingerprint density at radius 2 is 1.69 bits per heavy atom. The smallest absolute Gasteiger partial charge is 0.319 e. The average molecular weight is 785 g/mol. The zero-order valence-electron chi connectivity index (χ0n) is 17.9. The Labute approximate surface area is 228 Å². The highest BCUT2D eigenvalue weighted by molar-refractivity contribution is 14.1. The number of anilines is 1. The first-order valence-electron chi connectivity index (χ1n) is 9.52. The van der Waals surface area contributed by atoms with Crippen molar-refractivity contribution in [2.45, 2.75) is 6.92 Å². The summed E-state index contributed by atoms with van der Waals surface area (Å²) in [6.45, 7) is 3.42. The van der Waals surface area contributed by atoms with E-state index in [9.17, 15) is 19.2 Å². The molecule has 178 valence electrons. The molecule has 0 radical (unpaired) electrons. The Morgan fingerprint density at radius 1 is 1.03 bits per heavy atom. The van der Waals surface area contributed by atoms with Crippen LogP contribution >= 0.6 is 67.8 Å². The van der Waals surface area contributed by atoms with Crippen LogP contribution in [0.3, 0.4) is 0 Å². The minimum Gasteiger partial charge on any atom is -0.468 e. The van der Waals surface area contributed by atoms with Crippen LogP contribution in [0.2, 0.25) is 0 Å². The molecule has 3 amide bonds. The van der Waals surface area contributed by atoms with Crippen LogP contribution in [0, 0.1) is 10.7 Å². The zero-order chi connectivity index (χ0) is 24.3. The maximum absolute atomic E-state index is 12.7. The fourth-order valence-corrected chi connectivity index (χ4v) is 6.60. The van der Waals surface area contributed by atoms with E-state index in [1.165, 1.54) is 14.0 Å². The molecule has 0 atom stereocenters. The summed E-state index contributed by atoms with van der Waals surface area (Å²) >= 11 is 6.26. The molecule has 0 saturated heterocycles. The van der Waals surface area contributed by atoms with Crippen molar-refractivity contribution in [3.05, 3.63) is 22.3 Å². The second-order valence-corrected chi connectivity index (χ2v) is 10.1. The normalized spacial score (nSPS) is 10.6. The van der Waals surface area contributed by atoms with Gasteiger partial charge >= 0.3 is 5.97 Å². The van der Waals surface area contributed by atoms with Crippen LogP contribution in [0.25, 0.3) is 0 Å². The topological polar surface area (TPSA) is 129 Å². The van der Waals surface area contributed by atoms with E-state index in [0.717, 1.165) is 7.14 Å². The van der Waals surface area contributed by atoms with E-state index < -0.39 is 0 Å². The van der Waals surface area contributed by atoms with Crippen molar-refractivity contribution in [3.63, 3.8) is 0 Å². The molecule has 1 rings (SSSR count). The number of benzene rings is 1. The van der Waals surface area contributed by atoms with Gasteiger partial charge in [-0.3, -0.25) is 24.1 Å². The predicted octanol–water partition coefficient (Wildman–Crippen LogP) is 0.999. The maximum atomic E-state index is 12.7. The molecule has 0 spiro atoms. The molecule has 0 aliphatic heterocycles. The van der Waals surface area contributed by atoms with Gasteiger partial charge in [0.1, 0.15) is 0 Å². The van der Waals surface area contributed by atoms with Crippen molar-refractivity contribution < 1.29 is 23.9 Å². The summed E-state index contributed by atoms with van der Waals surface area (Å²) in [6, 6.07) is 1.83. The Balaban J connectivity index is 2.44. The van der Waals surface area contributed by atoms with Gasteiger partial charge < -0.3 is 26.0 Å². The van der Waals surface area contributed by atoms with E-state index in [4.69, 9.17) is 0 Å². The molecule has 1 aromatic rings. The Hall–Kier alpha value is -0.790. The average Bonchev–Trinajstić information content (AvgIpc) is 2.71. The van der Waals surface area contributed by atoms with Crippen LogP contribution < -0.4 is 21.3 Å². The quantitative estimate of drug-likeness (QED) is 0.142. The van der Waals surface area contributed by atoms with Crippen molar-refractivity contribution in [2.75, 3.05) is 58.7 Å². The number of ether oxygens (including phenoxy) is 1. The van der Waals surface area contributed by atoms with Gasteiger partial charge in [-0.25, -0.2) is 0 Å². The molecule has 0 saturated carbocycles. The van der Waals surface area contributed by atoms with E-state index in [0.29, 0.717) is 27.9 Å². The molecule has 0 aromatic heterocycles. The fraction of sp³-hybridized carbons (Fsp3) is 0.474. The third-order valence-electron chi connectivity index (χ3n) is 4.01. The molecule has 0 bridgehead atoms. The van der Waals surface area contributed by atoms with Gasteiger partial charge in [0.15, 0.2) is 0 Å². The van der Waals surface area contributed by atoms with E-state index in [1.54, 1.807) is 7.05 Å². The van der Waals surface area contributed by atoms with Crippen molar-refractivity contribution in [1.29, 1.82) is 0 Å². The molecule has 13 heteroatoms. The van der Waals surface area contributed by atoms with Crippen LogP contribution in [0.15, 0.2) is 6.07 Å². The summed E-state index contributed by atoms with van der Waals surface area (Å²) < 4.78 is 6.82. The van der Waals surface area contributed by atoms with E-state index >= 15 is 0 Å². The number of likely N-dealkylation sites (N-methyl/N-ethyl adjacent to an activating group) is 1. The van der Waals surface area contributed by atoms with Gasteiger partial charge in [0.2, 0.25) is 11.8 Å². The number of amides is 3. The molecule has 0 fully saturated rings. The summed E-state index contributed by atoms with van der Waals surface area (Å²) in [5.74, 6) is -0.986. The van der Waals surface area contributed by atoms with Crippen molar-refractivity contribution in [1.82, 2.24) is 20.9 Å². The van der Waals surface area contributed by atoms with Crippen LogP contribution in [0.4, 0.5) is 5.69 Å². The number of carbonyl (C=O) groups is 4. The molecular formula is C19H26I3N5O5. The molecule has 0 aliphatic rings. The molecule has 0 heterocycles. The second-order valence-electron chi connectivity index (χ2n) is 6.68. The van der Waals surface area contributed by atoms with Crippen molar-refractivity contribution >= 4 is 97.2 Å². The molecule has 10 nitrogen and oxygen atoms in total. The second kappa shape index (κ2) is 15.2. The number of halogens is 3. The van der Waals surface area contributed by atoms with Gasteiger partial charge in [-0.2, -0.15) is 0 Å². The van der Waals surface area contributed by atoms with E-state index in [-0.39, 0.29) is 49.9 Å². The minimum absolute atomic E-state index is 0.126. The highest BCUT2D eigenvalue weighted by Gasteiger charge is 2.20. The molecule has 0 unspecified atom stereocenters. The number of nitrogens with zero attached hydrogens (tertiary/aromatic N) is 1. The summed E-state index contributed by atoms with van der Waals surface area (Å²) in [5, 5.41) is 11.3. The minimum atomic E-state index is -0.339. The van der Waals surface area contributed by atoms with E-state index in [2.05, 4.69) is 93.8 Å². The van der Waals surface area contributed by atoms with Gasteiger partial charge in [-0.15, -0.1) is 0 Å². The Bertz CT molecular complexity index is 853. The lowest BCUT2D eigenvalue weighted by atomic mass is 10.2. The summed E-state index contributed by atoms with van der Waals surface area (Å²) in [5.41, 5.74) is 1.10. The third-order valence-corrected chi connectivity index (χ3v) is 6.79. The Kier molecular flexibility index (Phi) is 13.9. The number of carbonyl (C=O) groups excluding carboxylic acids is 4. The number of hydrogen-bond acceptors (Lipinski definition) is 7. The van der Waals surface area contributed by atoms with Crippen LogP contribution in [-0.2, 0) is 19.1 Å². The highest BCUT2D eigenvalue weighted by Crippen LogP contribution is 2.31. The Morgan fingerprint density at radius 3 is 2.31 bits per heavy atom. The van der Waals surface area contributed by atoms with Crippen LogP contribution in [0.1, 0.15) is 17.3 Å². The number of hydrogen-bond donors (Lipinski definition) is 4. The monoisotopic (exact) mass is 785 g/mol. The van der Waals surface area contributed by atoms with Gasteiger partial charge in [0.05, 0.1) is 35.0 Å². The summed E-state index contributed by atoms with van der Waals surface area (Å²) in [7, 11) is 3.13. The van der Waals surface area contributed by atoms with Crippen LogP contribution in [-0.4, -0.2) is 82.0 Å². The number of methoxy groups -OCH3 is 1. The van der Waals surface area contributed by atoms with E-state index in [1.807, 2.05) is 11.0 Å². The predicted molar refractivity (Wildman–Crippen MR) is 147 cm³/mol. The molecule has 1 aromatic carbocycles. The summed E-state index contributed by atoms with van der Waals surface area (Å²) in [6.07, 6.45) is 0. The molecular weight excluding hydrogens is 759 g/mol. The van der Waals surface area contributed by atoms with Gasteiger partial charge in [-0.05, 0) is 80.9 Å². The fourth-order valence-electron chi connectivity index (χ4n) is 2.47. The van der Waals surface area contributed by atoms with Crippen molar-refractivity contribution in [2.24, 2.45) is 0 Å². The SMILES string of the molecule is COC(=O)CNCCN(C)CC(=O)NCCNC(=O)c1c(I)cc(I)c(NC(C)=O)c1I. The van der Waals surface area contributed by atoms with Gasteiger partial charge in [-0.1, -0.05) is 0 Å². The van der Waals surface area contributed by atoms with Gasteiger partial charge in [0, 0.05) is 40.2 Å². The summed E-state index contributed by atoms with van der Waals surface area (Å²) in [4.78, 5) is 49.0. The first-order chi connectivity index (χ1) is 15.1. The third kappa shape index (κ3) is 10.4. The lowest BCUT2D eigenvalue weighted by molar-refractivity contribution is -0.139.